The number of carbonyl (C=O) groups excluding carboxylic acids is 2. The minimum Gasteiger partial charge on any atom is -0.373 e. The molecule has 4 rings (SSSR count). The molecule has 0 aromatic carbocycles. The lowest BCUT2D eigenvalue weighted by Gasteiger charge is -2.15. The smallest absolute Gasteiger partial charge is 0.373 e. The van der Waals surface area contributed by atoms with E-state index in [1.54, 1.807) is 0 Å². The van der Waals surface area contributed by atoms with Crippen LogP contribution < -0.4 is 11.1 Å². The zero-order valence-corrected chi connectivity index (χ0v) is 16.8. The standard InChI is InChI=1S/C20H22F3N5O3/c1-10-2-5-13(31-10)9-28-17(15(20(21,22)23)16(27-28)11-3-4-11)19(30)26-12-6-7-25-14(8-12)18(24)29/h6-8,10-11,13H,2-5,9H2,1H3,(H2,24,29)(H,25,26,30). The molecule has 1 saturated carbocycles. The van der Waals surface area contributed by atoms with Crippen molar-refractivity contribution >= 4 is 17.5 Å². The maximum Gasteiger partial charge on any atom is 0.420 e. The Kier molecular flexibility index (Phi) is 5.46. The maximum atomic E-state index is 14.0. The molecule has 2 aliphatic rings. The average Bonchev–Trinajstić information content (AvgIpc) is 3.34. The highest BCUT2D eigenvalue weighted by Gasteiger charge is 2.46. The van der Waals surface area contributed by atoms with Crippen LogP contribution in [0.15, 0.2) is 18.3 Å². The van der Waals surface area contributed by atoms with Crippen LogP contribution in [0, 0.1) is 0 Å². The second-order valence-electron chi connectivity index (χ2n) is 7.96. The summed E-state index contributed by atoms with van der Waals surface area (Å²) in [7, 11) is 0. The Morgan fingerprint density at radius 2 is 2.03 bits per heavy atom. The number of primary amides is 1. The number of nitrogens with two attached hydrogens (primary N) is 1. The molecule has 0 bridgehead atoms. The number of hydrogen-bond donors (Lipinski definition) is 2. The molecule has 1 aliphatic heterocycles. The van der Waals surface area contributed by atoms with Crippen molar-refractivity contribution in [2.24, 2.45) is 5.73 Å². The summed E-state index contributed by atoms with van der Waals surface area (Å²) in [5.41, 5.74) is 3.50. The van der Waals surface area contributed by atoms with Crippen molar-refractivity contribution in [2.45, 2.75) is 63.5 Å². The molecule has 2 aromatic heterocycles. The van der Waals surface area contributed by atoms with Crippen LogP contribution in [-0.2, 0) is 17.5 Å². The van der Waals surface area contributed by atoms with E-state index >= 15 is 0 Å². The number of hydrogen-bond acceptors (Lipinski definition) is 5. The van der Waals surface area contributed by atoms with Crippen molar-refractivity contribution in [3.05, 3.63) is 41.0 Å². The Balaban J connectivity index is 1.72. The van der Waals surface area contributed by atoms with Gasteiger partial charge in [-0.15, -0.1) is 0 Å². The SMILES string of the molecule is CC1CCC(Cn2nc(C3CC3)c(C(F)(F)F)c2C(=O)Nc2ccnc(C(N)=O)c2)O1. The van der Waals surface area contributed by atoms with Crippen LogP contribution >= 0.6 is 0 Å². The first-order chi connectivity index (χ1) is 14.6. The molecule has 2 fully saturated rings. The van der Waals surface area contributed by atoms with E-state index in [4.69, 9.17) is 10.5 Å². The molecule has 3 N–H and O–H groups in total. The van der Waals surface area contributed by atoms with Gasteiger partial charge in [0.15, 0.2) is 0 Å². The van der Waals surface area contributed by atoms with E-state index in [2.05, 4.69) is 15.4 Å². The van der Waals surface area contributed by atoms with Gasteiger partial charge in [0.2, 0.25) is 0 Å². The molecule has 2 aromatic rings. The minimum absolute atomic E-state index is 0.00636. The van der Waals surface area contributed by atoms with Crippen molar-refractivity contribution in [2.75, 3.05) is 5.32 Å². The van der Waals surface area contributed by atoms with Crippen LogP contribution in [0.4, 0.5) is 18.9 Å². The summed E-state index contributed by atoms with van der Waals surface area (Å²) < 4.78 is 48.9. The number of halogens is 3. The first-order valence-electron chi connectivity index (χ1n) is 10.0. The van der Waals surface area contributed by atoms with E-state index in [0.717, 1.165) is 11.1 Å². The molecule has 0 spiro atoms. The van der Waals surface area contributed by atoms with Gasteiger partial charge in [0.1, 0.15) is 17.0 Å². The first-order valence-corrected chi connectivity index (χ1v) is 10.0. The van der Waals surface area contributed by atoms with Gasteiger partial charge in [0.05, 0.1) is 24.4 Å². The maximum absolute atomic E-state index is 14.0. The number of rotatable bonds is 6. The molecule has 8 nitrogen and oxygen atoms in total. The topological polar surface area (TPSA) is 112 Å². The molecule has 2 unspecified atom stereocenters. The average molecular weight is 437 g/mol. The monoisotopic (exact) mass is 437 g/mol. The number of alkyl halides is 3. The van der Waals surface area contributed by atoms with E-state index in [1.807, 2.05) is 6.92 Å². The highest BCUT2D eigenvalue weighted by Crippen LogP contribution is 2.46. The second kappa shape index (κ2) is 7.95. The predicted octanol–water partition coefficient (Wildman–Crippen LogP) is 3.09. The second-order valence-corrected chi connectivity index (χ2v) is 7.96. The number of ether oxygens (including phenoxy) is 1. The van der Waals surface area contributed by atoms with Gasteiger partial charge in [-0.3, -0.25) is 19.3 Å². The summed E-state index contributed by atoms with van der Waals surface area (Å²) in [6.07, 6.45) is -1.15. The Bertz CT molecular complexity index is 1020. The zero-order valence-electron chi connectivity index (χ0n) is 16.8. The molecule has 1 aliphatic carbocycles. The van der Waals surface area contributed by atoms with Gasteiger partial charge in [0, 0.05) is 17.8 Å². The van der Waals surface area contributed by atoms with Crippen molar-refractivity contribution < 1.29 is 27.5 Å². The highest BCUT2D eigenvalue weighted by molar-refractivity contribution is 6.05. The Labute approximate surface area is 176 Å². The van der Waals surface area contributed by atoms with Crippen LogP contribution in [0.2, 0.25) is 0 Å². The first kappa shape index (κ1) is 21.3. The molecular weight excluding hydrogens is 415 g/mol. The van der Waals surface area contributed by atoms with Gasteiger partial charge in [-0.25, -0.2) is 0 Å². The number of aromatic nitrogens is 3. The number of carbonyl (C=O) groups is 2. The van der Waals surface area contributed by atoms with E-state index in [-0.39, 0.29) is 41.7 Å². The lowest BCUT2D eigenvalue weighted by molar-refractivity contribution is -0.138. The molecule has 2 amide bonds. The van der Waals surface area contributed by atoms with Crippen molar-refractivity contribution in [3.8, 4) is 0 Å². The van der Waals surface area contributed by atoms with E-state index in [1.165, 1.54) is 18.3 Å². The van der Waals surface area contributed by atoms with Gasteiger partial charge in [0.25, 0.3) is 11.8 Å². The van der Waals surface area contributed by atoms with Crippen LogP contribution in [0.3, 0.4) is 0 Å². The van der Waals surface area contributed by atoms with Gasteiger partial charge >= 0.3 is 6.18 Å². The molecule has 11 heteroatoms. The summed E-state index contributed by atoms with van der Waals surface area (Å²) in [6, 6.07) is 2.57. The highest BCUT2D eigenvalue weighted by atomic mass is 19.4. The van der Waals surface area contributed by atoms with E-state index in [0.29, 0.717) is 19.3 Å². The summed E-state index contributed by atoms with van der Waals surface area (Å²) in [6.45, 7) is 1.94. The third-order valence-corrected chi connectivity index (χ3v) is 5.41. The number of pyridine rings is 1. The fourth-order valence-electron chi connectivity index (χ4n) is 3.81. The predicted molar refractivity (Wildman–Crippen MR) is 103 cm³/mol. The van der Waals surface area contributed by atoms with Crippen LogP contribution in [-0.4, -0.2) is 38.8 Å². The van der Waals surface area contributed by atoms with Gasteiger partial charge in [-0.1, -0.05) is 0 Å². The Morgan fingerprint density at radius 3 is 2.61 bits per heavy atom. The van der Waals surface area contributed by atoms with Gasteiger partial charge in [-0.05, 0) is 44.7 Å². The molecule has 3 heterocycles. The molecule has 2 atom stereocenters. The summed E-state index contributed by atoms with van der Waals surface area (Å²) in [5.74, 6) is -2.10. The Hall–Kier alpha value is -2.95. The molecule has 1 saturated heterocycles. The summed E-state index contributed by atoms with van der Waals surface area (Å²) >= 11 is 0. The zero-order chi connectivity index (χ0) is 22.3. The van der Waals surface area contributed by atoms with Crippen molar-refractivity contribution in [1.82, 2.24) is 14.8 Å². The molecule has 0 radical (unpaired) electrons. The molecule has 31 heavy (non-hydrogen) atoms. The van der Waals surface area contributed by atoms with E-state index in [9.17, 15) is 22.8 Å². The number of nitrogens with zero attached hydrogens (tertiary/aromatic N) is 3. The summed E-state index contributed by atoms with van der Waals surface area (Å²) in [4.78, 5) is 28.1. The van der Waals surface area contributed by atoms with Crippen molar-refractivity contribution in [1.29, 1.82) is 0 Å². The van der Waals surface area contributed by atoms with Gasteiger partial charge < -0.3 is 15.8 Å². The number of anilines is 1. The fourth-order valence-corrected chi connectivity index (χ4v) is 3.81. The lowest BCUT2D eigenvalue weighted by Crippen LogP contribution is -2.26. The lowest BCUT2D eigenvalue weighted by atomic mass is 10.1. The van der Waals surface area contributed by atoms with Crippen LogP contribution in [0.25, 0.3) is 0 Å². The third kappa shape index (κ3) is 4.55. The van der Waals surface area contributed by atoms with Crippen LogP contribution in [0.1, 0.15) is 70.8 Å². The van der Waals surface area contributed by atoms with Crippen molar-refractivity contribution in [3.63, 3.8) is 0 Å². The normalized spacial score (nSPS) is 21.3. The number of nitrogens with one attached hydrogen (secondary N) is 1. The Morgan fingerprint density at radius 1 is 1.29 bits per heavy atom. The molecular formula is C20H22F3N5O3. The quantitative estimate of drug-likeness (QED) is 0.721. The van der Waals surface area contributed by atoms with Gasteiger partial charge in [-0.2, -0.15) is 18.3 Å². The number of amides is 2. The largest absolute Gasteiger partial charge is 0.420 e. The fraction of sp³-hybridized carbons (Fsp3) is 0.500. The van der Waals surface area contributed by atoms with Crippen LogP contribution in [0.5, 0.6) is 0 Å². The molecule has 166 valence electrons. The third-order valence-electron chi connectivity index (χ3n) is 5.41. The van der Waals surface area contributed by atoms with E-state index < -0.39 is 29.2 Å². The summed E-state index contributed by atoms with van der Waals surface area (Å²) in [5, 5.41) is 6.63. The minimum atomic E-state index is -4.75.